The van der Waals surface area contributed by atoms with Crippen LogP contribution in [-0.2, 0) is 9.47 Å². The topological polar surface area (TPSA) is 164 Å². The zero-order chi connectivity index (χ0) is 46.7. The van der Waals surface area contributed by atoms with Crippen LogP contribution in [0.2, 0.25) is 25.2 Å². The van der Waals surface area contributed by atoms with E-state index in [1.54, 1.807) is 0 Å². The summed E-state index contributed by atoms with van der Waals surface area (Å²) in [5, 5.41) is 63.6. The van der Waals surface area contributed by atoms with Gasteiger partial charge in [-0.1, -0.05) is 244 Å². The molecule has 0 aromatic rings. The molecule has 0 aliphatic carbocycles. The van der Waals surface area contributed by atoms with Gasteiger partial charge in [-0.25, -0.2) is 0 Å². The molecule has 2 aliphatic rings. The van der Waals surface area contributed by atoms with Crippen LogP contribution in [0.1, 0.15) is 239 Å². The Hall–Kier alpha value is -0.183. The van der Waals surface area contributed by atoms with Crippen molar-refractivity contribution in [2.24, 2.45) is 5.92 Å². The highest BCUT2D eigenvalue weighted by molar-refractivity contribution is 6.77. The van der Waals surface area contributed by atoms with Gasteiger partial charge in [0.2, 0.25) is 0 Å². The lowest BCUT2D eigenvalue weighted by Gasteiger charge is -2.40. The minimum Gasteiger partial charge on any atom is -0.394 e. The number of aliphatic hydroxyl groups is 6. The standard InChI is InChI=1S/C53H108N2O8Si/c1-5-7-9-11-13-15-17-19-20-21-23-25-27-31-35-39-64(3,4)40-36-32-28-29-33-37-44-41-46(55-54-44)45(43-62-53-52(61)51(60)50(59)48(42-56)63-53)49(58)47(57)38-34-30-26-24-22-18-16-14-12-10-8-6-2/h44-61H,5-43H2,1-4H3/t44?,45-,46?,47-,48?,49+,50?,51?,52?,53?/m1/s1. The summed E-state index contributed by atoms with van der Waals surface area (Å²) in [5.74, 6) is -0.515. The fourth-order valence-corrected chi connectivity index (χ4v) is 12.9. The Labute approximate surface area is 395 Å². The van der Waals surface area contributed by atoms with Crippen molar-refractivity contribution >= 4 is 8.07 Å². The second-order valence-corrected chi connectivity index (χ2v) is 26.8. The van der Waals surface area contributed by atoms with E-state index >= 15 is 0 Å². The molecule has 2 fully saturated rings. The number of nitrogens with one attached hydrogen (secondary N) is 2. The Morgan fingerprint density at radius 1 is 0.547 bits per heavy atom. The maximum atomic E-state index is 11.6. The largest absolute Gasteiger partial charge is 0.394 e. The lowest BCUT2D eigenvalue weighted by atomic mass is 9.86. The van der Waals surface area contributed by atoms with Crippen molar-refractivity contribution in [2.45, 2.75) is 319 Å². The predicted molar refractivity (Wildman–Crippen MR) is 269 cm³/mol. The summed E-state index contributed by atoms with van der Waals surface area (Å²) in [6.07, 6.45) is 35.9. The third-order valence-electron chi connectivity index (χ3n) is 14.9. The number of aliphatic hydroxyl groups excluding tert-OH is 6. The molecule has 8 N–H and O–H groups in total. The summed E-state index contributed by atoms with van der Waals surface area (Å²) in [5.41, 5.74) is 6.83. The van der Waals surface area contributed by atoms with Crippen molar-refractivity contribution in [3.63, 3.8) is 0 Å². The molecule has 2 heterocycles. The lowest BCUT2D eigenvalue weighted by Crippen LogP contribution is -2.59. The van der Waals surface area contributed by atoms with Crippen molar-refractivity contribution in [1.82, 2.24) is 10.9 Å². The van der Waals surface area contributed by atoms with Gasteiger partial charge < -0.3 is 40.1 Å². The van der Waals surface area contributed by atoms with Crippen LogP contribution in [0, 0.1) is 5.92 Å². The molecule has 11 heteroatoms. The second kappa shape index (κ2) is 38.6. The molecule has 2 rings (SSSR count). The molecular formula is C53H108N2O8Si. The van der Waals surface area contributed by atoms with Crippen LogP contribution >= 0.6 is 0 Å². The molecule has 7 unspecified atom stereocenters. The first-order chi connectivity index (χ1) is 31.0. The number of ether oxygens (including phenoxy) is 2. The predicted octanol–water partition coefficient (Wildman–Crippen LogP) is 11.4. The molecule has 0 bridgehead atoms. The Kier molecular flexibility index (Phi) is 36.2. The normalized spacial score (nSPS) is 24.4. The van der Waals surface area contributed by atoms with Gasteiger partial charge in [-0.2, -0.15) is 0 Å². The number of hydrogen-bond acceptors (Lipinski definition) is 10. The molecule has 0 saturated carbocycles. The Morgan fingerprint density at radius 3 is 1.42 bits per heavy atom. The lowest BCUT2D eigenvalue weighted by molar-refractivity contribution is -0.305. The van der Waals surface area contributed by atoms with E-state index in [2.05, 4.69) is 37.8 Å². The zero-order valence-electron chi connectivity index (χ0n) is 42.4. The monoisotopic (exact) mass is 929 g/mol. The van der Waals surface area contributed by atoms with E-state index < -0.39 is 63.5 Å². The quantitative estimate of drug-likeness (QED) is 0.0218. The second-order valence-electron chi connectivity index (χ2n) is 21.4. The van der Waals surface area contributed by atoms with Gasteiger partial charge in [0.15, 0.2) is 6.29 Å². The highest BCUT2D eigenvalue weighted by atomic mass is 28.3. The third kappa shape index (κ3) is 27.7. The molecule has 382 valence electrons. The summed E-state index contributed by atoms with van der Waals surface area (Å²) in [6, 6.07) is 2.98. The van der Waals surface area contributed by atoms with E-state index in [9.17, 15) is 30.6 Å². The van der Waals surface area contributed by atoms with E-state index in [1.165, 1.54) is 192 Å². The van der Waals surface area contributed by atoms with Gasteiger partial charge >= 0.3 is 0 Å². The van der Waals surface area contributed by atoms with Gasteiger partial charge in [0.05, 0.1) is 25.4 Å². The van der Waals surface area contributed by atoms with Crippen molar-refractivity contribution in [3.8, 4) is 0 Å². The van der Waals surface area contributed by atoms with Gasteiger partial charge in [-0.05, 0) is 19.3 Å². The maximum absolute atomic E-state index is 11.6. The van der Waals surface area contributed by atoms with Crippen LogP contribution in [0.25, 0.3) is 0 Å². The first-order valence-corrected chi connectivity index (χ1v) is 31.2. The van der Waals surface area contributed by atoms with E-state index in [1.807, 2.05) is 0 Å². The molecule has 2 aliphatic heterocycles. The average Bonchev–Trinajstić information content (AvgIpc) is 3.75. The molecule has 0 aromatic carbocycles. The average molecular weight is 930 g/mol. The molecule has 64 heavy (non-hydrogen) atoms. The molecule has 0 spiro atoms. The van der Waals surface area contributed by atoms with E-state index in [0.717, 1.165) is 38.5 Å². The van der Waals surface area contributed by atoms with Gasteiger partial charge in [-0.3, -0.25) is 10.9 Å². The van der Waals surface area contributed by atoms with Crippen molar-refractivity contribution in [3.05, 3.63) is 0 Å². The van der Waals surface area contributed by atoms with Crippen LogP contribution < -0.4 is 10.9 Å². The minimum absolute atomic E-state index is 0.0372. The molecule has 10 atom stereocenters. The third-order valence-corrected chi connectivity index (χ3v) is 18.3. The summed E-state index contributed by atoms with van der Waals surface area (Å²) < 4.78 is 11.6. The summed E-state index contributed by atoms with van der Waals surface area (Å²) >= 11 is 0. The van der Waals surface area contributed by atoms with Crippen molar-refractivity contribution < 1.29 is 40.1 Å². The number of hydrogen-bond donors (Lipinski definition) is 8. The van der Waals surface area contributed by atoms with Crippen LogP contribution in [0.5, 0.6) is 0 Å². The fraction of sp³-hybridized carbons (Fsp3) is 1.00. The van der Waals surface area contributed by atoms with Crippen LogP contribution in [0.15, 0.2) is 0 Å². The van der Waals surface area contributed by atoms with Gasteiger partial charge in [-0.15, -0.1) is 0 Å². The van der Waals surface area contributed by atoms with Crippen LogP contribution in [0.4, 0.5) is 0 Å². The Balaban J connectivity index is 1.65. The minimum atomic E-state index is -1.54. The SMILES string of the molecule is CCCCCCCCCCCCCCCCC[Si](C)(C)CCCCCCCC1CC([C@@H](COC2OC(CO)C(O)C(O)C2O)[C@H](O)[C@H](O)CCCCCCCCCCCCCC)NN1. The first kappa shape index (κ1) is 59.9. The number of unbranched alkanes of at least 4 members (excludes halogenated alkanes) is 29. The van der Waals surface area contributed by atoms with Gasteiger partial charge in [0, 0.05) is 26.1 Å². The molecule has 0 aromatic heterocycles. The van der Waals surface area contributed by atoms with Crippen LogP contribution in [0.3, 0.4) is 0 Å². The van der Waals surface area contributed by atoms with E-state index in [0.29, 0.717) is 6.42 Å². The van der Waals surface area contributed by atoms with Crippen molar-refractivity contribution in [1.29, 1.82) is 0 Å². The fourth-order valence-electron chi connectivity index (χ4n) is 10.3. The smallest absolute Gasteiger partial charge is 0.186 e. The number of rotatable bonds is 44. The Morgan fingerprint density at radius 2 is 0.969 bits per heavy atom. The molecule has 10 nitrogen and oxygen atoms in total. The summed E-state index contributed by atoms with van der Waals surface area (Å²) in [6.45, 7) is 9.18. The maximum Gasteiger partial charge on any atom is 0.186 e. The van der Waals surface area contributed by atoms with E-state index in [-0.39, 0.29) is 18.7 Å². The van der Waals surface area contributed by atoms with Crippen molar-refractivity contribution in [2.75, 3.05) is 13.2 Å². The summed E-state index contributed by atoms with van der Waals surface area (Å²) in [4.78, 5) is 0. The Bertz CT molecular complexity index is 1040. The summed E-state index contributed by atoms with van der Waals surface area (Å²) in [7, 11) is -1.11. The first-order valence-electron chi connectivity index (χ1n) is 27.8. The van der Waals surface area contributed by atoms with E-state index in [4.69, 9.17) is 9.47 Å². The number of hydrazine groups is 1. The highest BCUT2D eigenvalue weighted by Crippen LogP contribution is 2.29. The molecule has 0 amide bonds. The van der Waals surface area contributed by atoms with Crippen LogP contribution in [-0.4, -0.2) is 107 Å². The molecular weight excluding hydrogens is 821 g/mol. The zero-order valence-corrected chi connectivity index (χ0v) is 43.4. The van der Waals surface area contributed by atoms with Gasteiger partial charge in [0.1, 0.15) is 24.4 Å². The molecule has 0 radical (unpaired) electrons. The molecule has 2 saturated heterocycles. The highest BCUT2D eigenvalue weighted by Gasteiger charge is 2.45. The van der Waals surface area contributed by atoms with Gasteiger partial charge in [0.25, 0.3) is 0 Å².